The maximum atomic E-state index is 11.1. The normalized spacial score (nSPS) is 15.3. The average molecular weight is 288 g/mol. The van der Waals surface area contributed by atoms with Gasteiger partial charge in [0.25, 0.3) is 0 Å². The molecule has 0 radical (unpaired) electrons. The maximum Gasteiger partial charge on any atom is 0.238 e. The molecule has 102 valence electrons. The molecule has 0 spiro atoms. The summed E-state index contributed by atoms with van der Waals surface area (Å²) in [7, 11) is -3.60. The number of hydrogen-bond donors (Lipinski definition) is 2. The molecule has 0 saturated carbocycles. The summed E-state index contributed by atoms with van der Waals surface area (Å²) in [6, 6.07) is 6.86. The van der Waals surface area contributed by atoms with Gasteiger partial charge in [-0.15, -0.1) is 0 Å². The van der Waals surface area contributed by atoms with Crippen molar-refractivity contribution in [2.24, 2.45) is 5.14 Å². The Morgan fingerprint density at radius 1 is 1.28 bits per heavy atom. The number of nitrogens with two attached hydrogens (primary N) is 1. The van der Waals surface area contributed by atoms with E-state index in [0.29, 0.717) is 5.25 Å². The van der Waals surface area contributed by atoms with E-state index in [-0.39, 0.29) is 10.9 Å². The summed E-state index contributed by atoms with van der Waals surface area (Å²) in [5, 5.41) is 9.01. The molecule has 0 aliphatic heterocycles. The summed E-state index contributed by atoms with van der Waals surface area (Å²) in [4.78, 5) is 0.149. The second-order valence-corrected chi connectivity index (χ2v) is 7.13. The highest BCUT2D eigenvalue weighted by molar-refractivity contribution is 7.99. The molecule has 0 aromatic heterocycles. The van der Waals surface area contributed by atoms with Gasteiger partial charge in [0, 0.05) is 17.8 Å². The predicted molar refractivity (Wildman–Crippen MR) is 77.2 cm³/mol. The van der Waals surface area contributed by atoms with Crippen LogP contribution in [0.4, 0.5) is 0 Å². The summed E-state index contributed by atoms with van der Waals surface area (Å²) >= 11 is 1.81. The third kappa shape index (κ3) is 4.61. The number of hydrogen-bond acceptors (Lipinski definition) is 4. The fourth-order valence-corrected chi connectivity index (χ4v) is 2.27. The second-order valence-electron chi connectivity index (χ2n) is 4.29. The standard InChI is InChI=1S/C12H20N2O2S2/c1-9(17-3)8-14-10(2)11-4-6-12(7-5-11)18(13,15)16/h4-7,9-10,14H,8H2,1-3H3,(H2,13,15,16). The lowest BCUT2D eigenvalue weighted by atomic mass is 10.1. The van der Waals surface area contributed by atoms with Crippen molar-refractivity contribution in [3.05, 3.63) is 29.8 Å². The van der Waals surface area contributed by atoms with E-state index < -0.39 is 10.0 Å². The van der Waals surface area contributed by atoms with Crippen molar-refractivity contribution in [3.63, 3.8) is 0 Å². The molecule has 18 heavy (non-hydrogen) atoms. The first-order chi connectivity index (χ1) is 8.34. The zero-order valence-corrected chi connectivity index (χ0v) is 12.5. The minimum atomic E-state index is -3.60. The first kappa shape index (κ1) is 15.5. The zero-order chi connectivity index (χ0) is 13.8. The zero-order valence-electron chi connectivity index (χ0n) is 10.9. The van der Waals surface area contributed by atoms with E-state index in [1.807, 2.05) is 11.8 Å². The van der Waals surface area contributed by atoms with Gasteiger partial charge in [-0.2, -0.15) is 11.8 Å². The average Bonchev–Trinajstić information content (AvgIpc) is 2.34. The van der Waals surface area contributed by atoms with Gasteiger partial charge >= 0.3 is 0 Å². The van der Waals surface area contributed by atoms with Crippen LogP contribution in [0, 0.1) is 0 Å². The molecule has 0 amide bonds. The summed E-state index contributed by atoms with van der Waals surface area (Å²) in [6.45, 7) is 5.13. The topological polar surface area (TPSA) is 72.2 Å². The highest BCUT2D eigenvalue weighted by Gasteiger charge is 2.10. The maximum absolute atomic E-state index is 11.1. The molecule has 1 rings (SSSR count). The van der Waals surface area contributed by atoms with E-state index in [9.17, 15) is 8.42 Å². The van der Waals surface area contributed by atoms with E-state index in [4.69, 9.17) is 5.14 Å². The Morgan fingerprint density at radius 2 is 1.83 bits per heavy atom. The van der Waals surface area contributed by atoms with Crippen LogP contribution in [0.1, 0.15) is 25.5 Å². The van der Waals surface area contributed by atoms with Crippen LogP contribution in [-0.4, -0.2) is 26.5 Å². The van der Waals surface area contributed by atoms with Crippen molar-refractivity contribution in [2.75, 3.05) is 12.8 Å². The summed E-state index contributed by atoms with van der Waals surface area (Å²) in [5.41, 5.74) is 1.05. The van der Waals surface area contributed by atoms with Crippen LogP contribution in [0.3, 0.4) is 0 Å². The monoisotopic (exact) mass is 288 g/mol. The Balaban J connectivity index is 2.68. The molecular formula is C12H20N2O2S2. The number of primary sulfonamides is 1. The van der Waals surface area contributed by atoms with Crippen LogP contribution in [0.25, 0.3) is 0 Å². The van der Waals surface area contributed by atoms with E-state index in [1.54, 1.807) is 24.3 Å². The molecule has 0 bridgehead atoms. The molecule has 0 heterocycles. The first-order valence-electron chi connectivity index (χ1n) is 5.73. The van der Waals surface area contributed by atoms with Crippen molar-refractivity contribution in [3.8, 4) is 0 Å². The van der Waals surface area contributed by atoms with Crippen LogP contribution >= 0.6 is 11.8 Å². The highest BCUT2D eigenvalue weighted by Crippen LogP contribution is 2.16. The molecule has 0 aliphatic rings. The first-order valence-corrected chi connectivity index (χ1v) is 8.57. The van der Waals surface area contributed by atoms with Gasteiger partial charge in [0.1, 0.15) is 0 Å². The minimum absolute atomic E-state index is 0.149. The molecule has 0 aliphatic carbocycles. The van der Waals surface area contributed by atoms with Gasteiger partial charge in [0.05, 0.1) is 4.90 Å². The summed E-state index contributed by atoms with van der Waals surface area (Å²) in [5.74, 6) is 0. The van der Waals surface area contributed by atoms with E-state index in [2.05, 4.69) is 25.4 Å². The molecule has 0 fully saturated rings. The molecule has 2 unspecified atom stereocenters. The lowest BCUT2D eigenvalue weighted by Crippen LogP contribution is -2.25. The fraction of sp³-hybridized carbons (Fsp3) is 0.500. The molecule has 4 nitrogen and oxygen atoms in total. The Labute approximate surface area is 113 Å². The molecule has 0 saturated heterocycles. The van der Waals surface area contributed by atoms with E-state index in [0.717, 1.165) is 12.1 Å². The van der Waals surface area contributed by atoms with Gasteiger partial charge in [0.15, 0.2) is 0 Å². The molecule has 1 aromatic carbocycles. The van der Waals surface area contributed by atoms with E-state index in [1.165, 1.54) is 0 Å². The van der Waals surface area contributed by atoms with Gasteiger partial charge in [-0.25, -0.2) is 13.6 Å². The van der Waals surface area contributed by atoms with Crippen LogP contribution in [0.2, 0.25) is 0 Å². The largest absolute Gasteiger partial charge is 0.309 e. The lowest BCUT2D eigenvalue weighted by Gasteiger charge is -2.17. The molecule has 1 aromatic rings. The highest BCUT2D eigenvalue weighted by atomic mass is 32.2. The van der Waals surface area contributed by atoms with Crippen molar-refractivity contribution < 1.29 is 8.42 Å². The molecular weight excluding hydrogens is 268 g/mol. The quantitative estimate of drug-likeness (QED) is 0.836. The second kappa shape index (κ2) is 6.56. The van der Waals surface area contributed by atoms with Crippen molar-refractivity contribution in [1.29, 1.82) is 0 Å². The third-order valence-corrected chi connectivity index (χ3v) is 4.72. The fourth-order valence-electron chi connectivity index (χ4n) is 1.49. The SMILES string of the molecule is CSC(C)CNC(C)c1ccc(S(N)(=O)=O)cc1. The molecule has 6 heteroatoms. The van der Waals surface area contributed by atoms with Crippen molar-refractivity contribution >= 4 is 21.8 Å². The number of rotatable bonds is 6. The van der Waals surface area contributed by atoms with Gasteiger partial charge < -0.3 is 5.32 Å². The Bertz CT molecular complexity index is 471. The van der Waals surface area contributed by atoms with Gasteiger partial charge in [-0.3, -0.25) is 0 Å². The smallest absolute Gasteiger partial charge is 0.238 e. The summed E-state index contributed by atoms with van der Waals surface area (Å²) < 4.78 is 22.3. The Kier molecular flexibility index (Phi) is 5.65. The van der Waals surface area contributed by atoms with Crippen LogP contribution in [0.15, 0.2) is 29.2 Å². The van der Waals surface area contributed by atoms with Crippen molar-refractivity contribution in [2.45, 2.75) is 30.0 Å². The Morgan fingerprint density at radius 3 is 2.28 bits per heavy atom. The number of benzene rings is 1. The number of sulfonamides is 1. The van der Waals surface area contributed by atoms with Crippen LogP contribution < -0.4 is 10.5 Å². The summed E-state index contributed by atoms with van der Waals surface area (Å²) in [6.07, 6.45) is 2.08. The third-order valence-electron chi connectivity index (χ3n) is 2.82. The van der Waals surface area contributed by atoms with Gasteiger partial charge in [-0.1, -0.05) is 19.1 Å². The predicted octanol–water partition coefficient (Wildman–Crippen LogP) is 1.74. The minimum Gasteiger partial charge on any atom is -0.309 e. The van der Waals surface area contributed by atoms with Crippen LogP contribution in [0.5, 0.6) is 0 Å². The molecule has 3 N–H and O–H groups in total. The van der Waals surface area contributed by atoms with Gasteiger partial charge in [-0.05, 0) is 30.9 Å². The van der Waals surface area contributed by atoms with Crippen LogP contribution in [-0.2, 0) is 10.0 Å². The number of thioether (sulfide) groups is 1. The van der Waals surface area contributed by atoms with Crippen molar-refractivity contribution in [1.82, 2.24) is 5.32 Å². The van der Waals surface area contributed by atoms with Gasteiger partial charge in [0.2, 0.25) is 10.0 Å². The Hall–Kier alpha value is -0.560. The lowest BCUT2D eigenvalue weighted by molar-refractivity contribution is 0.575. The van der Waals surface area contributed by atoms with E-state index >= 15 is 0 Å². The molecule has 2 atom stereocenters. The number of nitrogens with one attached hydrogen (secondary N) is 1.